The first kappa shape index (κ1) is 32.3. The molecule has 0 unspecified atom stereocenters. The molecule has 4 aromatic rings. The van der Waals surface area contributed by atoms with Crippen molar-refractivity contribution in [3.63, 3.8) is 0 Å². The number of nitrogens with zero attached hydrogens (tertiary/aromatic N) is 7. The Balaban J connectivity index is 1.24. The van der Waals surface area contributed by atoms with Gasteiger partial charge in [0.25, 0.3) is 5.82 Å². The van der Waals surface area contributed by atoms with Gasteiger partial charge in [-0.2, -0.15) is 17.9 Å². The zero-order chi connectivity index (χ0) is 33.3. The van der Waals surface area contributed by atoms with Crippen molar-refractivity contribution in [1.29, 1.82) is 0 Å². The predicted molar refractivity (Wildman–Crippen MR) is 174 cm³/mol. The van der Waals surface area contributed by atoms with Gasteiger partial charge in [0, 0.05) is 68.8 Å². The molecule has 1 aromatic heterocycles. The number of ether oxygens (including phenoxy) is 1. The van der Waals surface area contributed by atoms with Gasteiger partial charge in [0.2, 0.25) is 5.91 Å². The second kappa shape index (κ2) is 13.7. The molecule has 48 heavy (non-hydrogen) atoms. The highest BCUT2D eigenvalue weighted by molar-refractivity contribution is 5.79. The Morgan fingerprint density at radius 3 is 2.25 bits per heavy atom. The number of benzene rings is 3. The smallest absolute Gasteiger partial charge is 0.453 e. The Morgan fingerprint density at radius 2 is 1.60 bits per heavy atom. The van der Waals surface area contributed by atoms with Crippen LogP contribution in [0.2, 0.25) is 0 Å². The van der Waals surface area contributed by atoms with Crippen LogP contribution in [0.15, 0.2) is 78.9 Å². The zero-order valence-corrected chi connectivity index (χ0v) is 27.0. The van der Waals surface area contributed by atoms with Crippen molar-refractivity contribution in [1.82, 2.24) is 34.9 Å². The number of carbonyl (C=O) groups is 1. The second-order valence-corrected chi connectivity index (χ2v) is 13.1. The summed E-state index contributed by atoms with van der Waals surface area (Å²) in [6, 6.07) is 26.1. The van der Waals surface area contributed by atoms with E-state index in [1.54, 1.807) is 19.2 Å². The normalized spacial score (nSPS) is 21.1. The number of aromatic nitrogens is 4. The van der Waals surface area contributed by atoms with Crippen molar-refractivity contribution in [2.24, 2.45) is 5.92 Å². The number of hydrogen-bond acceptors (Lipinski definition) is 7. The Morgan fingerprint density at radius 1 is 0.917 bits per heavy atom. The Bertz CT molecular complexity index is 1660. The van der Waals surface area contributed by atoms with Crippen LogP contribution < -0.4 is 4.74 Å². The lowest BCUT2D eigenvalue weighted by molar-refractivity contribution is -0.146. The molecule has 1 aliphatic carbocycles. The van der Waals surface area contributed by atoms with E-state index in [0.717, 1.165) is 42.5 Å². The van der Waals surface area contributed by atoms with Gasteiger partial charge in [-0.1, -0.05) is 73.5 Å². The summed E-state index contributed by atoms with van der Waals surface area (Å²) >= 11 is 0. The first-order valence-electron chi connectivity index (χ1n) is 16.7. The highest BCUT2D eigenvalue weighted by Gasteiger charge is 2.44. The van der Waals surface area contributed by atoms with Gasteiger partial charge in [-0.25, -0.2) is 0 Å². The van der Waals surface area contributed by atoms with E-state index in [4.69, 9.17) is 4.74 Å². The van der Waals surface area contributed by atoms with Crippen LogP contribution in [0.4, 0.5) is 13.2 Å². The van der Waals surface area contributed by atoms with Crippen molar-refractivity contribution in [2.75, 3.05) is 39.8 Å². The minimum Gasteiger partial charge on any atom is -0.496 e. The topological polar surface area (TPSA) is 79.6 Å². The Hall–Kier alpha value is -4.29. The van der Waals surface area contributed by atoms with Crippen LogP contribution in [0, 0.1) is 5.92 Å². The van der Waals surface area contributed by atoms with Gasteiger partial charge in [-0.3, -0.25) is 14.6 Å². The maximum atomic E-state index is 13.7. The molecular formula is C36H40F3N7O2. The molecule has 3 aliphatic rings. The molecule has 9 nitrogen and oxygen atoms in total. The van der Waals surface area contributed by atoms with E-state index in [9.17, 15) is 18.0 Å². The minimum absolute atomic E-state index is 0.0681. The van der Waals surface area contributed by atoms with Crippen LogP contribution in [0.5, 0.6) is 5.75 Å². The number of carbonyl (C=O) groups excluding carboxylic acids is 1. The molecule has 2 aliphatic heterocycles. The molecule has 3 aromatic carbocycles. The first-order chi connectivity index (χ1) is 23.3. The van der Waals surface area contributed by atoms with Crippen LogP contribution in [0.1, 0.15) is 54.1 Å². The fraction of sp³-hybridized carbons (Fsp3) is 0.444. The zero-order valence-electron chi connectivity index (χ0n) is 27.0. The number of tetrazole rings is 1. The third kappa shape index (κ3) is 6.55. The standard InChI is InChI=1S/C36H40F3N7O2/c1-48-32-17-16-29(46-35(36(37,38)39)40-41-42-46)20-28(32)21-43-22-30-23-44(34(47)27-14-8-9-15-27)18-19-45(30)31(24-43)33(25-10-4-2-5-11-25)26-12-6-3-7-13-26/h2-7,10-13,16-17,20,27,30-31,33H,8-9,14-15,18-19,21-24H2,1H3/t30-,31+/m1/s1. The van der Waals surface area contributed by atoms with E-state index in [-0.39, 0.29) is 35.5 Å². The monoisotopic (exact) mass is 659 g/mol. The van der Waals surface area contributed by atoms with Crippen molar-refractivity contribution < 1.29 is 22.7 Å². The lowest BCUT2D eigenvalue weighted by Crippen LogP contribution is -2.67. The van der Waals surface area contributed by atoms with E-state index in [2.05, 4.69) is 78.8 Å². The van der Waals surface area contributed by atoms with Crippen molar-refractivity contribution in [3.8, 4) is 11.4 Å². The number of methoxy groups -OCH3 is 1. The van der Waals surface area contributed by atoms with Gasteiger partial charge in [-0.05, 0) is 52.6 Å². The lowest BCUT2D eigenvalue weighted by Gasteiger charge is -2.54. The van der Waals surface area contributed by atoms with Gasteiger partial charge in [0.15, 0.2) is 0 Å². The predicted octanol–water partition coefficient (Wildman–Crippen LogP) is 5.41. The molecule has 252 valence electrons. The fourth-order valence-corrected chi connectivity index (χ4v) is 8.02. The molecule has 1 saturated carbocycles. The molecule has 0 bridgehead atoms. The summed E-state index contributed by atoms with van der Waals surface area (Å²) in [4.78, 5) is 20.7. The van der Waals surface area contributed by atoms with Crippen molar-refractivity contribution in [2.45, 2.75) is 56.4 Å². The molecule has 0 radical (unpaired) electrons. The van der Waals surface area contributed by atoms with Crippen molar-refractivity contribution >= 4 is 5.91 Å². The van der Waals surface area contributed by atoms with Crippen LogP contribution in [0.3, 0.4) is 0 Å². The maximum absolute atomic E-state index is 13.7. The average Bonchev–Trinajstić information content (AvgIpc) is 3.83. The Labute approximate surface area is 278 Å². The van der Waals surface area contributed by atoms with Crippen molar-refractivity contribution in [3.05, 3.63) is 101 Å². The second-order valence-electron chi connectivity index (χ2n) is 13.1. The number of piperazine rings is 2. The van der Waals surface area contributed by atoms with Crippen LogP contribution in [-0.4, -0.2) is 92.7 Å². The van der Waals surface area contributed by atoms with E-state index in [1.807, 2.05) is 12.1 Å². The summed E-state index contributed by atoms with van der Waals surface area (Å²) in [6.45, 7) is 4.00. The molecule has 0 N–H and O–H groups in total. The summed E-state index contributed by atoms with van der Waals surface area (Å²) in [7, 11) is 1.56. The lowest BCUT2D eigenvalue weighted by atomic mass is 9.81. The molecule has 3 fully saturated rings. The average molecular weight is 660 g/mol. The van der Waals surface area contributed by atoms with Gasteiger partial charge >= 0.3 is 6.18 Å². The maximum Gasteiger partial charge on any atom is 0.453 e. The summed E-state index contributed by atoms with van der Waals surface area (Å²) in [5.74, 6) is -0.148. The van der Waals surface area contributed by atoms with Gasteiger partial charge < -0.3 is 9.64 Å². The van der Waals surface area contributed by atoms with E-state index >= 15 is 0 Å². The number of fused-ring (bicyclic) bond motifs is 1. The summed E-state index contributed by atoms with van der Waals surface area (Å²) in [6.07, 6.45) is -0.547. The third-order valence-corrected chi connectivity index (χ3v) is 10.2. The van der Waals surface area contributed by atoms with Gasteiger partial charge in [-0.15, -0.1) is 5.10 Å². The molecule has 12 heteroatoms. The third-order valence-electron chi connectivity index (χ3n) is 10.2. The molecule has 2 atom stereocenters. The summed E-state index contributed by atoms with van der Waals surface area (Å²) in [5.41, 5.74) is 3.38. The quantitative estimate of drug-likeness (QED) is 0.251. The number of amides is 1. The number of halogens is 3. The van der Waals surface area contributed by atoms with E-state index < -0.39 is 12.0 Å². The highest BCUT2D eigenvalue weighted by atomic mass is 19.4. The minimum atomic E-state index is -4.71. The fourth-order valence-electron chi connectivity index (χ4n) is 8.02. The largest absolute Gasteiger partial charge is 0.496 e. The molecular weight excluding hydrogens is 619 g/mol. The number of hydrogen-bond donors (Lipinski definition) is 0. The molecule has 7 rings (SSSR count). The molecule has 3 heterocycles. The van der Waals surface area contributed by atoms with Crippen LogP contribution >= 0.6 is 0 Å². The summed E-state index contributed by atoms with van der Waals surface area (Å²) < 4.78 is 47.5. The number of rotatable bonds is 8. The number of alkyl halides is 3. The SMILES string of the molecule is COc1ccc(-n2nnnc2C(F)(F)F)cc1CN1C[C@@H]2CN(C(=O)C3CCCC3)CCN2[C@H](C(c2ccccc2)c2ccccc2)C1. The van der Waals surface area contributed by atoms with Gasteiger partial charge in [0.05, 0.1) is 12.8 Å². The van der Waals surface area contributed by atoms with Gasteiger partial charge in [0.1, 0.15) is 5.75 Å². The highest BCUT2D eigenvalue weighted by Crippen LogP contribution is 2.38. The molecule has 0 spiro atoms. The first-order valence-corrected chi connectivity index (χ1v) is 16.7. The summed E-state index contributed by atoms with van der Waals surface area (Å²) in [5, 5.41) is 10.2. The van der Waals surface area contributed by atoms with Crippen LogP contribution in [-0.2, 0) is 17.5 Å². The molecule has 1 amide bonds. The Kier molecular flexibility index (Phi) is 9.19. The van der Waals surface area contributed by atoms with E-state index in [1.165, 1.54) is 17.2 Å². The van der Waals surface area contributed by atoms with Crippen LogP contribution in [0.25, 0.3) is 5.69 Å². The van der Waals surface area contributed by atoms with E-state index in [0.29, 0.717) is 38.5 Å². The molecule has 2 saturated heterocycles.